The minimum absolute atomic E-state index is 0.879. The summed E-state index contributed by atoms with van der Waals surface area (Å²) in [6.07, 6.45) is 7.47. The van der Waals surface area contributed by atoms with E-state index in [0.29, 0.717) is 0 Å². The Hall–Kier alpha value is -4.77. The van der Waals surface area contributed by atoms with E-state index in [1.807, 2.05) is 30.9 Å². The zero-order valence-electron chi connectivity index (χ0n) is 18.1. The highest BCUT2D eigenvalue weighted by atomic mass is 15.0. The second kappa shape index (κ2) is 6.39. The summed E-state index contributed by atoms with van der Waals surface area (Å²) in [4.78, 5) is 13.8. The largest absolute Gasteiger partial charge is 0.309 e. The molecule has 0 fully saturated rings. The van der Waals surface area contributed by atoms with Crippen LogP contribution in [-0.4, -0.2) is 23.9 Å². The molecule has 0 aliphatic heterocycles. The van der Waals surface area contributed by atoms with Crippen LogP contribution in [-0.2, 0) is 0 Å². The van der Waals surface area contributed by atoms with Gasteiger partial charge in [0.05, 0.1) is 34.5 Å². The fraction of sp³-hybridized carbons (Fsp3) is 0. The molecule has 0 amide bonds. The van der Waals surface area contributed by atoms with Crippen LogP contribution in [0.3, 0.4) is 0 Å². The molecule has 0 saturated heterocycles. The van der Waals surface area contributed by atoms with E-state index in [9.17, 15) is 0 Å². The van der Waals surface area contributed by atoms with Crippen molar-refractivity contribution in [1.29, 1.82) is 0 Å². The lowest BCUT2D eigenvalue weighted by molar-refractivity contribution is 1.19. The van der Waals surface area contributed by atoms with Gasteiger partial charge in [-0.2, -0.15) is 0 Å². The molecule has 3 aromatic carbocycles. The molecule has 0 unspecified atom stereocenters. The molecule has 8 aromatic rings. The van der Waals surface area contributed by atoms with Crippen LogP contribution in [0.5, 0.6) is 0 Å². The summed E-state index contributed by atoms with van der Waals surface area (Å²) >= 11 is 0. The predicted molar refractivity (Wildman–Crippen MR) is 138 cm³/mol. The number of hydrogen-bond donors (Lipinski definition) is 0. The van der Waals surface area contributed by atoms with Crippen LogP contribution in [0.25, 0.3) is 65.8 Å². The number of para-hydroxylation sites is 2. The summed E-state index contributed by atoms with van der Waals surface area (Å²) in [7, 11) is 0. The van der Waals surface area contributed by atoms with Crippen LogP contribution < -0.4 is 0 Å². The smallest absolute Gasteiger partial charge is 0.146 e. The minimum atomic E-state index is 0.879. The maximum absolute atomic E-state index is 5.02. The van der Waals surface area contributed by atoms with Crippen LogP contribution in [0.15, 0.2) is 104 Å². The van der Waals surface area contributed by atoms with Gasteiger partial charge in [-0.25, -0.2) is 4.98 Å². The second-order valence-electron chi connectivity index (χ2n) is 8.60. The molecule has 0 spiro atoms. The highest BCUT2D eigenvalue weighted by Crippen LogP contribution is 2.41. The van der Waals surface area contributed by atoms with Crippen LogP contribution in [0.2, 0.25) is 0 Å². The quantitative estimate of drug-likeness (QED) is 0.270. The number of benzene rings is 3. The first kappa shape index (κ1) is 17.7. The average molecular weight is 435 g/mol. The number of nitrogens with zero attached hydrogens (tertiary/aromatic N) is 5. The third-order valence-corrected chi connectivity index (χ3v) is 6.86. The Balaban J connectivity index is 1.73. The molecule has 0 bridgehead atoms. The molecule has 0 saturated carbocycles. The number of aromatic nitrogens is 5. The van der Waals surface area contributed by atoms with Crippen LogP contribution in [0, 0.1) is 0 Å². The zero-order chi connectivity index (χ0) is 22.2. The molecule has 0 radical (unpaired) electrons. The Kier molecular flexibility index (Phi) is 3.34. The van der Waals surface area contributed by atoms with E-state index in [-0.39, 0.29) is 0 Å². The standard InChI is InChI=1S/C29H17N5/c1-2-6-18(7-3-1)33-24-9-5-4-8-19(24)20-10-11-22-27(28(20)33)21-12-14-31-17-26(21)34-25-13-15-30-16-23(25)32-29(22)34/h1-17H. The monoisotopic (exact) mass is 435 g/mol. The van der Waals surface area contributed by atoms with Gasteiger partial charge in [0.2, 0.25) is 0 Å². The Morgan fingerprint density at radius 1 is 0.559 bits per heavy atom. The van der Waals surface area contributed by atoms with E-state index in [4.69, 9.17) is 4.98 Å². The lowest BCUT2D eigenvalue weighted by atomic mass is 10.0. The van der Waals surface area contributed by atoms with Crippen molar-refractivity contribution < 1.29 is 0 Å². The molecule has 8 rings (SSSR count). The third-order valence-electron chi connectivity index (χ3n) is 6.86. The predicted octanol–water partition coefficient (Wildman–Crippen LogP) is 6.68. The van der Waals surface area contributed by atoms with E-state index in [1.165, 1.54) is 27.2 Å². The fourth-order valence-electron chi connectivity index (χ4n) is 5.49. The normalized spacial score (nSPS) is 12.1. The summed E-state index contributed by atoms with van der Waals surface area (Å²) < 4.78 is 4.59. The van der Waals surface area contributed by atoms with Crippen molar-refractivity contribution in [3.8, 4) is 5.69 Å². The first-order valence-electron chi connectivity index (χ1n) is 11.3. The van der Waals surface area contributed by atoms with E-state index in [0.717, 1.165) is 38.7 Å². The van der Waals surface area contributed by atoms with Crippen molar-refractivity contribution in [2.24, 2.45) is 0 Å². The van der Waals surface area contributed by atoms with Crippen LogP contribution in [0.1, 0.15) is 0 Å². The number of pyridine rings is 3. The third kappa shape index (κ3) is 2.16. The molecule has 0 aliphatic rings. The van der Waals surface area contributed by atoms with Gasteiger partial charge in [-0.15, -0.1) is 0 Å². The minimum Gasteiger partial charge on any atom is -0.309 e. The van der Waals surface area contributed by atoms with Crippen molar-refractivity contribution >= 4 is 60.2 Å². The molecule has 0 N–H and O–H groups in total. The van der Waals surface area contributed by atoms with Crippen molar-refractivity contribution in [2.75, 3.05) is 0 Å². The molecular weight excluding hydrogens is 418 g/mol. The van der Waals surface area contributed by atoms with Crippen molar-refractivity contribution in [3.05, 3.63) is 104 Å². The Labute approximate surface area is 193 Å². The molecule has 5 nitrogen and oxygen atoms in total. The zero-order valence-corrected chi connectivity index (χ0v) is 18.1. The van der Waals surface area contributed by atoms with Gasteiger partial charge >= 0.3 is 0 Å². The Morgan fingerprint density at radius 3 is 2.29 bits per heavy atom. The lowest BCUT2D eigenvalue weighted by Crippen LogP contribution is -1.97. The van der Waals surface area contributed by atoms with E-state index in [1.54, 1.807) is 0 Å². The summed E-state index contributed by atoms with van der Waals surface area (Å²) in [5, 5.41) is 5.92. The molecule has 158 valence electrons. The number of hydrogen-bond acceptors (Lipinski definition) is 3. The first-order valence-corrected chi connectivity index (χ1v) is 11.3. The second-order valence-corrected chi connectivity index (χ2v) is 8.60. The molecule has 5 aromatic heterocycles. The van der Waals surface area contributed by atoms with E-state index in [2.05, 4.69) is 91.7 Å². The highest BCUT2D eigenvalue weighted by molar-refractivity contribution is 6.27. The van der Waals surface area contributed by atoms with E-state index >= 15 is 0 Å². The van der Waals surface area contributed by atoms with Gasteiger partial charge in [0.15, 0.2) is 0 Å². The highest BCUT2D eigenvalue weighted by Gasteiger charge is 2.20. The van der Waals surface area contributed by atoms with Gasteiger partial charge in [-0.1, -0.05) is 42.5 Å². The maximum atomic E-state index is 5.02. The molecule has 34 heavy (non-hydrogen) atoms. The van der Waals surface area contributed by atoms with E-state index < -0.39 is 0 Å². The summed E-state index contributed by atoms with van der Waals surface area (Å²) in [5.41, 5.74) is 7.39. The molecule has 5 heteroatoms. The summed E-state index contributed by atoms with van der Waals surface area (Å²) in [5.74, 6) is 0. The summed E-state index contributed by atoms with van der Waals surface area (Å²) in [6, 6.07) is 27.8. The van der Waals surface area contributed by atoms with Crippen molar-refractivity contribution in [1.82, 2.24) is 23.9 Å². The summed E-state index contributed by atoms with van der Waals surface area (Å²) in [6.45, 7) is 0. The lowest BCUT2D eigenvalue weighted by Gasteiger charge is -2.13. The molecule has 0 aliphatic carbocycles. The molecule has 5 heterocycles. The molecular formula is C29H17N5. The average Bonchev–Trinajstić information content (AvgIpc) is 3.46. The van der Waals surface area contributed by atoms with Gasteiger partial charge in [-0.3, -0.25) is 14.4 Å². The SMILES string of the molecule is c1ccc(-n2c3ccccc3c3ccc4c(c5ccncc5n5c6ccncc6nc45)c32)cc1. The first-order chi connectivity index (χ1) is 16.9. The van der Waals surface area contributed by atoms with Gasteiger partial charge in [0, 0.05) is 45.0 Å². The molecule has 0 atom stereocenters. The van der Waals surface area contributed by atoms with Crippen molar-refractivity contribution in [2.45, 2.75) is 0 Å². The fourth-order valence-corrected chi connectivity index (χ4v) is 5.49. The topological polar surface area (TPSA) is 48.0 Å². The van der Waals surface area contributed by atoms with Crippen LogP contribution >= 0.6 is 0 Å². The number of imidazole rings is 1. The van der Waals surface area contributed by atoms with Gasteiger partial charge in [0.25, 0.3) is 0 Å². The Bertz CT molecular complexity index is 2070. The van der Waals surface area contributed by atoms with Gasteiger partial charge < -0.3 is 4.57 Å². The van der Waals surface area contributed by atoms with Gasteiger partial charge in [-0.05, 0) is 36.4 Å². The van der Waals surface area contributed by atoms with Gasteiger partial charge in [0.1, 0.15) is 11.2 Å². The van der Waals surface area contributed by atoms with Crippen molar-refractivity contribution in [3.63, 3.8) is 0 Å². The Morgan fingerprint density at radius 2 is 1.35 bits per heavy atom. The number of rotatable bonds is 1. The van der Waals surface area contributed by atoms with Crippen LogP contribution in [0.4, 0.5) is 0 Å². The maximum Gasteiger partial charge on any atom is 0.146 e. The number of fused-ring (bicyclic) bond motifs is 12.